The minimum atomic E-state index is -0.224. The minimum Gasteiger partial charge on any atom is -0.342 e. The van der Waals surface area contributed by atoms with Crippen LogP contribution in [0.3, 0.4) is 0 Å². The Morgan fingerprint density at radius 3 is 2.35 bits per heavy atom. The van der Waals surface area contributed by atoms with Crippen molar-refractivity contribution < 1.29 is 4.79 Å². The number of carbonyl (C=O) groups is 1. The largest absolute Gasteiger partial charge is 0.342 e. The molecule has 1 fully saturated rings. The Kier molecular flexibility index (Phi) is 7.30. The summed E-state index contributed by atoms with van der Waals surface area (Å²) in [5, 5.41) is 10.1. The van der Waals surface area contributed by atoms with Gasteiger partial charge in [0.15, 0.2) is 5.16 Å². The predicted molar refractivity (Wildman–Crippen MR) is 126 cm³/mol. The molecule has 1 unspecified atom stereocenters. The Hall–Kier alpha value is -2.31. The van der Waals surface area contributed by atoms with Crippen molar-refractivity contribution in [1.82, 2.24) is 19.7 Å². The SMILES string of the molecule is CC(Sc1nnc(Cc2ccccc2)n1-c1ccc(Cl)cc1)C(=O)N1CCCCCC1. The number of amides is 1. The highest BCUT2D eigenvalue weighted by Crippen LogP contribution is 2.28. The zero-order valence-electron chi connectivity index (χ0n) is 17.7. The van der Waals surface area contributed by atoms with E-state index in [0.29, 0.717) is 11.4 Å². The lowest BCUT2D eigenvalue weighted by molar-refractivity contribution is -0.130. The van der Waals surface area contributed by atoms with E-state index >= 15 is 0 Å². The number of thioether (sulfide) groups is 1. The third-order valence-corrected chi connectivity index (χ3v) is 6.82. The first-order chi connectivity index (χ1) is 15.1. The van der Waals surface area contributed by atoms with Gasteiger partial charge in [-0.1, -0.05) is 66.5 Å². The number of hydrogen-bond acceptors (Lipinski definition) is 4. The van der Waals surface area contributed by atoms with Gasteiger partial charge in [0.25, 0.3) is 0 Å². The summed E-state index contributed by atoms with van der Waals surface area (Å²) in [5.74, 6) is 1.02. The van der Waals surface area contributed by atoms with Gasteiger partial charge in [-0.25, -0.2) is 0 Å². The van der Waals surface area contributed by atoms with Gasteiger partial charge in [0.1, 0.15) is 5.82 Å². The van der Waals surface area contributed by atoms with Crippen LogP contribution in [0.2, 0.25) is 5.02 Å². The van der Waals surface area contributed by atoms with Crippen molar-refractivity contribution in [2.45, 2.75) is 49.4 Å². The molecule has 0 spiro atoms. The zero-order valence-corrected chi connectivity index (χ0v) is 19.3. The number of aromatic nitrogens is 3. The Balaban J connectivity index is 1.60. The zero-order chi connectivity index (χ0) is 21.6. The summed E-state index contributed by atoms with van der Waals surface area (Å²) < 4.78 is 2.04. The third-order valence-electron chi connectivity index (χ3n) is 5.54. The van der Waals surface area contributed by atoms with Crippen molar-refractivity contribution in [3.8, 4) is 5.69 Å². The molecule has 1 aromatic heterocycles. The van der Waals surface area contributed by atoms with E-state index in [1.165, 1.54) is 24.6 Å². The monoisotopic (exact) mass is 454 g/mol. The molecule has 1 aliphatic rings. The summed E-state index contributed by atoms with van der Waals surface area (Å²) in [7, 11) is 0. The molecule has 2 heterocycles. The highest BCUT2D eigenvalue weighted by Gasteiger charge is 2.25. The number of rotatable bonds is 6. The quantitative estimate of drug-likeness (QED) is 0.468. The van der Waals surface area contributed by atoms with Crippen LogP contribution in [0, 0.1) is 0 Å². The highest BCUT2D eigenvalue weighted by molar-refractivity contribution is 8.00. The van der Waals surface area contributed by atoms with Crippen molar-refractivity contribution in [3.05, 3.63) is 71.0 Å². The van der Waals surface area contributed by atoms with Gasteiger partial charge in [-0.2, -0.15) is 0 Å². The first-order valence-corrected chi connectivity index (χ1v) is 12.1. The summed E-state index contributed by atoms with van der Waals surface area (Å²) >= 11 is 7.59. The molecule has 0 radical (unpaired) electrons. The van der Waals surface area contributed by atoms with Crippen LogP contribution in [0.1, 0.15) is 44.0 Å². The molecule has 7 heteroatoms. The Labute approximate surface area is 192 Å². The fourth-order valence-corrected chi connectivity index (χ4v) is 4.97. The van der Waals surface area contributed by atoms with Gasteiger partial charge in [0, 0.05) is 30.2 Å². The summed E-state index contributed by atoms with van der Waals surface area (Å²) in [5.41, 5.74) is 2.10. The number of benzene rings is 2. The second-order valence-corrected chi connectivity index (χ2v) is 9.62. The molecular formula is C24H27ClN4OS. The standard InChI is InChI=1S/C24H27ClN4OS/c1-18(23(30)28-15-7-2-3-8-16-28)31-24-27-26-22(17-19-9-5-4-6-10-19)29(24)21-13-11-20(25)12-14-21/h4-6,9-14,18H,2-3,7-8,15-17H2,1H3. The van der Waals surface area contributed by atoms with Crippen LogP contribution in [-0.4, -0.2) is 43.9 Å². The van der Waals surface area contributed by atoms with E-state index in [1.54, 1.807) is 0 Å². The van der Waals surface area contributed by atoms with E-state index in [4.69, 9.17) is 11.6 Å². The van der Waals surface area contributed by atoms with E-state index in [0.717, 1.165) is 48.2 Å². The van der Waals surface area contributed by atoms with Crippen molar-refractivity contribution in [3.63, 3.8) is 0 Å². The topological polar surface area (TPSA) is 51.0 Å². The fourth-order valence-electron chi connectivity index (χ4n) is 3.88. The maximum atomic E-state index is 13.1. The summed E-state index contributed by atoms with van der Waals surface area (Å²) in [6.07, 6.45) is 5.25. The second kappa shape index (κ2) is 10.3. The maximum Gasteiger partial charge on any atom is 0.235 e. The maximum absolute atomic E-state index is 13.1. The first-order valence-electron chi connectivity index (χ1n) is 10.8. The summed E-state index contributed by atoms with van der Waals surface area (Å²) in [4.78, 5) is 15.1. The van der Waals surface area contributed by atoms with Gasteiger partial charge in [0.05, 0.1) is 5.25 Å². The van der Waals surface area contributed by atoms with Crippen molar-refractivity contribution in [1.29, 1.82) is 0 Å². The molecule has 4 rings (SSSR count). The number of halogens is 1. The van der Waals surface area contributed by atoms with Gasteiger partial charge in [-0.05, 0) is 49.6 Å². The van der Waals surface area contributed by atoms with Crippen LogP contribution in [0.25, 0.3) is 5.69 Å². The Morgan fingerprint density at radius 1 is 1.00 bits per heavy atom. The Bertz CT molecular complexity index is 998. The molecule has 1 saturated heterocycles. The molecule has 5 nitrogen and oxygen atoms in total. The molecule has 2 aromatic carbocycles. The summed E-state index contributed by atoms with van der Waals surface area (Å²) in [6.45, 7) is 3.68. The van der Waals surface area contributed by atoms with Crippen LogP contribution >= 0.6 is 23.4 Å². The molecule has 0 aliphatic carbocycles. The average Bonchev–Trinajstić information content (AvgIpc) is 2.99. The lowest BCUT2D eigenvalue weighted by Gasteiger charge is -2.23. The molecular weight excluding hydrogens is 428 g/mol. The molecule has 3 aromatic rings. The Morgan fingerprint density at radius 2 is 1.68 bits per heavy atom. The molecule has 162 valence electrons. The number of likely N-dealkylation sites (tertiary alicyclic amines) is 1. The third kappa shape index (κ3) is 5.49. The molecule has 1 amide bonds. The van der Waals surface area contributed by atoms with E-state index in [1.807, 2.05) is 58.9 Å². The molecule has 0 bridgehead atoms. The van der Waals surface area contributed by atoms with Gasteiger partial charge in [0.2, 0.25) is 5.91 Å². The summed E-state index contributed by atoms with van der Waals surface area (Å²) in [6, 6.07) is 17.9. The van der Waals surface area contributed by atoms with E-state index in [2.05, 4.69) is 22.3 Å². The van der Waals surface area contributed by atoms with Gasteiger partial charge in [-0.3, -0.25) is 9.36 Å². The lowest BCUT2D eigenvalue weighted by Crippen LogP contribution is -2.37. The van der Waals surface area contributed by atoms with E-state index in [-0.39, 0.29) is 11.2 Å². The van der Waals surface area contributed by atoms with Crippen LogP contribution in [-0.2, 0) is 11.2 Å². The normalized spacial score (nSPS) is 15.5. The molecule has 1 aliphatic heterocycles. The van der Waals surface area contributed by atoms with Gasteiger partial charge in [-0.15, -0.1) is 10.2 Å². The number of carbonyl (C=O) groups excluding carboxylic acids is 1. The van der Waals surface area contributed by atoms with Gasteiger partial charge < -0.3 is 4.90 Å². The van der Waals surface area contributed by atoms with Crippen molar-refractivity contribution >= 4 is 29.3 Å². The van der Waals surface area contributed by atoms with Crippen molar-refractivity contribution in [2.75, 3.05) is 13.1 Å². The molecule has 1 atom stereocenters. The first kappa shape index (κ1) is 21.9. The predicted octanol–water partition coefficient (Wildman–Crippen LogP) is 5.39. The van der Waals surface area contributed by atoms with Gasteiger partial charge >= 0.3 is 0 Å². The smallest absolute Gasteiger partial charge is 0.235 e. The van der Waals surface area contributed by atoms with E-state index in [9.17, 15) is 4.79 Å². The average molecular weight is 455 g/mol. The molecule has 0 N–H and O–H groups in total. The van der Waals surface area contributed by atoms with E-state index < -0.39 is 0 Å². The second-order valence-electron chi connectivity index (χ2n) is 7.87. The number of hydrogen-bond donors (Lipinski definition) is 0. The molecule has 31 heavy (non-hydrogen) atoms. The van der Waals surface area contributed by atoms with Crippen LogP contribution in [0.4, 0.5) is 0 Å². The fraction of sp³-hybridized carbons (Fsp3) is 0.375. The molecule has 0 saturated carbocycles. The van der Waals surface area contributed by atoms with Crippen LogP contribution in [0.5, 0.6) is 0 Å². The van der Waals surface area contributed by atoms with Crippen LogP contribution < -0.4 is 0 Å². The van der Waals surface area contributed by atoms with Crippen LogP contribution in [0.15, 0.2) is 59.8 Å². The number of nitrogens with zero attached hydrogens (tertiary/aromatic N) is 4. The minimum absolute atomic E-state index is 0.183. The highest BCUT2D eigenvalue weighted by atomic mass is 35.5. The lowest BCUT2D eigenvalue weighted by atomic mass is 10.1. The van der Waals surface area contributed by atoms with Crippen molar-refractivity contribution in [2.24, 2.45) is 0 Å².